The molecule has 0 unspecified atom stereocenters. The number of alkyl halides is 3. The van der Waals surface area contributed by atoms with Gasteiger partial charge in [-0.15, -0.1) is 0 Å². The molecule has 146 valence electrons. The molecule has 4 nitrogen and oxygen atoms in total. The molecule has 0 spiro atoms. The standard InChI is InChI=1S/C21H19F3N2O2/c1-13-5-9-17(25-20(28)15-7-8-15)12-18(13)26-19(27)10-6-14-3-2-4-16(11-14)21(22,23)24/h2-6,9-12,15H,7-8H2,1H3,(H,25,28)(H,26,27). The predicted octanol–water partition coefficient (Wildman–Crippen LogP) is 5.01. The minimum absolute atomic E-state index is 0.0365. The van der Waals surface area contributed by atoms with E-state index in [0.717, 1.165) is 30.5 Å². The molecule has 1 fully saturated rings. The van der Waals surface area contributed by atoms with Crippen LogP contribution in [0.4, 0.5) is 24.5 Å². The van der Waals surface area contributed by atoms with Crippen LogP contribution in [0.5, 0.6) is 0 Å². The van der Waals surface area contributed by atoms with E-state index in [1.54, 1.807) is 25.1 Å². The Labute approximate surface area is 160 Å². The second-order valence-corrected chi connectivity index (χ2v) is 6.74. The van der Waals surface area contributed by atoms with Crippen molar-refractivity contribution in [1.82, 2.24) is 0 Å². The molecular formula is C21H19F3N2O2. The maximum absolute atomic E-state index is 12.7. The summed E-state index contributed by atoms with van der Waals surface area (Å²) in [6.45, 7) is 1.80. The number of carbonyl (C=O) groups excluding carboxylic acids is 2. The lowest BCUT2D eigenvalue weighted by molar-refractivity contribution is -0.137. The van der Waals surface area contributed by atoms with E-state index in [0.29, 0.717) is 11.4 Å². The van der Waals surface area contributed by atoms with Crippen molar-refractivity contribution < 1.29 is 22.8 Å². The van der Waals surface area contributed by atoms with Crippen LogP contribution in [0.2, 0.25) is 0 Å². The molecule has 0 heterocycles. The van der Waals surface area contributed by atoms with Gasteiger partial charge in [-0.2, -0.15) is 13.2 Å². The van der Waals surface area contributed by atoms with Crippen molar-refractivity contribution >= 4 is 29.3 Å². The third-order valence-electron chi connectivity index (χ3n) is 4.35. The molecule has 0 saturated heterocycles. The first kappa shape index (κ1) is 19.7. The number of halogens is 3. The van der Waals surface area contributed by atoms with Gasteiger partial charge < -0.3 is 10.6 Å². The number of aryl methyl sites for hydroxylation is 1. The number of nitrogens with one attached hydrogen (secondary N) is 2. The summed E-state index contributed by atoms with van der Waals surface area (Å²) in [5.74, 6) is -0.452. The summed E-state index contributed by atoms with van der Waals surface area (Å²) in [4.78, 5) is 24.0. The first-order valence-electron chi connectivity index (χ1n) is 8.80. The number of hydrogen-bond donors (Lipinski definition) is 2. The van der Waals surface area contributed by atoms with Gasteiger partial charge in [0.25, 0.3) is 0 Å². The lowest BCUT2D eigenvalue weighted by Crippen LogP contribution is -2.14. The van der Waals surface area contributed by atoms with Crippen LogP contribution in [0, 0.1) is 12.8 Å². The highest BCUT2D eigenvalue weighted by atomic mass is 19.4. The van der Waals surface area contributed by atoms with Crippen LogP contribution in [0.15, 0.2) is 48.5 Å². The number of benzene rings is 2. The molecule has 1 saturated carbocycles. The molecule has 0 radical (unpaired) electrons. The zero-order valence-electron chi connectivity index (χ0n) is 15.1. The SMILES string of the molecule is Cc1ccc(NC(=O)C2CC2)cc1NC(=O)C=Cc1cccc(C(F)(F)F)c1. The maximum atomic E-state index is 12.7. The molecular weight excluding hydrogens is 369 g/mol. The van der Waals surface area contributed by atoms with Crippen molar-refractivity contribution in [3.8, 4) is 0 Å². The van der Waals surface area contributed by atoms with Gasteiger partial charge in [0.15, 0.2) is 0 Å². The van der Waals surface area contributed by atoms with Gasteiger partial charge in [0.2, 0.25) is 11.8 Å². The molecule has 0 atom stereocenters. The van der Waals surface area contributed by atoms with E-state index >= 15 is 0 Å². The third-order valence-corrected chi connectivity index (χ3v) is 4.35. The number of amides is 2. The van der Waals surface area contributed by atoms with Crippen molar-refractivity contribution in [2.75, 3.05) is 10.6 Å². The van der Waals surface area contributed by atoms with Gasteiger partial charge in [0.1, 0.15) is 0 Å². The van der Waals surface area contributed by atoms with E-state index in [4.69, 9.17) is 0 Å². The monoisotopic (exact) mass is 388 g/mol. The Morgan fingerprint density at radius 2 is 1.82 bits per heavy atom. The van der Waals surface area contributed by atoms with Gasteiger partial charge in [-0.3, -0.25) is 9.59 Å². The van der Waals surface area contributed by atoms with Crippen molar-refractivity contribution in [1.29, 1.82) is 0 Å². The van der Waals surface area contributed by atoms with Gasteiger partial charge in [-0.1, -0.05) is 18.2 Å². The highest BCUT2D eigenvalue weighted by Gasteiger charge is 2.30. The van der Waals surface area contributed by atoms with Crippen LogP contribution in [0.3, 0.4) is 0 Å². The van der Waals surface area contributed by atoms with Crippen LogP contribution < -0.4 is 10.6 Å². The van der Waals surface area contributed by atoms with E-state index in [-0.39, 0.29) is 17.4 Å². The zero-order chi connectivity index (χ0) is 20.3. The van der Waals surface area contributed by atoms with Gasteiger partial charge in [-0.05, 0) is 61.2 Å². The Kier molecular flexibility index (Phi) is 5.53. The van der Waals surface area contributed by atoms with Gasteiger partial charge in [0.05, 0.1) is 5.56 Å². The Balaban J connectivity index is 1.67. The summed E-state index contributed by atoms with van der Waals surface area (Å²) >= 11 is 0. The van der Waals surface area contributed by atoms with Crippen molar-refractivity contribution in [3.63, 3.8) is 0 Å². The average Bonchev–Trinajstić information content (AvgIpc) is 3.47. The fraction of sp³-hybridized carbons (Fsp3) is 0.238. The molecule has 0 aromatic heterocycles. The number of carbonyl (C=O) groups is 2. The van der Waals surface area contributed by atoms with Crippen LogP contribution >= 0.6 is 0 Å². The quantitative estimate of drug-likeness (QED) is 0.707. The number of hydrogen-bond acceptors (Lipinski definition) is 2. The minimum atomic E-state index is -4.44. The second kappa shape index (κ2) is 7.88. The molecule has 1 aliphatic carbocycles. The largest absolute Gasteiger partial charge is 0.416 e. The zero-order valence-corrected chi connectivity index (χ0v) is 15.1. The van der Waals surface area contributed by atoms with E-state index in [1.807, 2.05) is 0 Å². The first-order valence-corrected chi connectivity index (χ1v) is 8.80. The van der Waals surface area contributed by atoms with Crippen molar-refractivity contribution in [2.45, 2.75) is 25.9 Å². The van der Waals surface area contributed by atoms with Crippen molar-refractivity contribution in [3.05, 3.63) is 65.2 Å². The smallest absolute Gasteiger partial charge is 0.326 e. The fourth-order valence-electron chi connectivity index (χ4n) is 2.59. The summed E-state index contributed by atoms with van der Waals surface area (Å²) in [6, 6.07) is 9.91. The summed E-state index contributed by atoms with van der Waals surface area (Å²) in [5.41, 5.74) is 1.40. The molecule has 2 N–H and O–H groups in total. The van der Waals surface area contributed by atoms with E-state index in [2.05, 4.69) is 10.6 Å². The summed E-state index contributed by atoms with van der Waals surface area (Å²) in [5, 5.41) is 5.49. The highest BCUT2D eigenvalue weighted by Crippen LogP contribution is 2.31. The predicted molar refractivity (Wildman–Crippen MR) is 102 cm³/mol. The Morgan fingerprint density at radius 3 is 2.50 bits per heavy atom. The summed E-state index contributed by atoms with van der Waals surface area (Å²) in [6.07, 6.45) is -0.166. The molecule has 1 aliphatic rings. The third kappa shape index (κ3) is 5.22. The fourth-order valence-corrected chi connectivity index (χ4v) is 2.59. The molecule has 2 aromatic rings. The van der Waals surface area contributed by atoms with Gasteiger partial charge in [-0.25, -0.2) is 0 Å². The Morgan fingerprint density at radius 1 is 1.07 bits per heavy atom. The Hall–Kier alpha value is -3.09. The van der Waals surface area contributed by atoms with E-state index in [1.165, 1.54) is 24.3 Å². The van der Waals surface area contributed by atoms with E-state index < -0.39 is 17.6 Å². The summed E-state index contributed by atoms with van der Waals surface area (Å²) < 4.78 is 38.2. The number of rotatable bonds is 5. The maximum Gasteiger partial charge on any atom is 0.416 e. The second-order valence-electron chi connectivity index (χ2n) is 6.74. The van der Waals surface area contributed by atoms with E-state index in [9.17, 15) is 22.8 Å². The topological polar surface area (TPSA) is 58.2 Å². The number of anilines is 2. The molecule has 28 heavy (non-hydrogen) atoms. The van der Waals surface area contributed by atoms with Crippen LogP contribution in [-0.4, -0.2) is 11.8 Å². The Bertz CT molecular complexity index is 931. The molecule has 2 aromatic carbocycles. The van der Waals surface area contributed by atoms with Crippen LogP contribution in [0.1, 0.15) is 29.5 Å². The normalized spacial score (nSPS) is 14.1. The van der Waals surface area contributed by atoms with Gasteiger partial charge >= 0.3 is 6.18 Å². The average molecular weight is 388 g/mol. The minimum Gasteiger partial charge on any atom is -0.326 e. The van der Waals surface area contributed by atoms with Gasteiger partial charge in [0, 0.05) is 23.4 Å². The summed E-state index contributed by atoms with van der Waals surface area (Å²) in [7, 11) is 0. The molecule has 0 bridgehead atoms. The highest BCUT2D eigenvalue weighted by molar-refractivity contribution is 6.03. The first-order chi connectivity index (χ1) is 13.2. The molecule has 3 rings (SSSR count). The lowest BCUT2D eigenvalue weighted by atomic mass is 10.1. The van der Waals surface area contributed by atoms with Crippen LogP contribution in [-0.2, 0) is 15.8 Å². The van der Waals surface area contributed by atoms with Crippen molar-refractivity contribution in [2.24, 2.45) is 5.92 Å². The van der Waals surface area contributed by atoms with Crippen LogP contribution in [0.25, 0.3) is 6.08 Å². The molecule has 0 aliphatic heterocycles. The molecule has 7 heteroatoms. The molecule has 2 amide bonds. The lowest BCUT2D eigenvalue weighted by Gasteiger charge is -2.10.